The molecule has 0 radical (unpaired) electrons. The van der Waals surface area contributed by atoms with Crippen LogP contribution in [0.15, 0.2) is 54.6 Å². The summed E-state index contributed by atoms with van der Waals surface area (Å²) in [6, 6.07) is 6.89. The average molecular weight is 835 g/mol. The molecule has 6 atom stereocenters. The number of aromatic hydroxyl groups is 1. The number of hydrogen-bond donors (Lipinski definition) is 9. The number of nitrogens with one attached hydrogen (secondary N) is 7. The predicted octanol–water partition coefficient (Wildman–Crippen LogP) is -1.37. The van der Waals surface area contributed by atoms with E-state index in [-0.39, 0.29) is 31.6 Å². The Hall–Kier alpha value is -6.53. The first-order valence-corrected chi connectivity index (χ1v) is 19.8. The van der Waals surface area contributed by atoms with Crippen molar-refractivity contribution in [2.75, 3.05) is 19.6 Å². The molecule has 0 bridgehead atoms. The number of carboxylic acids is 1. The van der Waals surface area contributed by atoms with Crippen molar-refractivity contribution in [1.82, 2.24) is 42.1 Å². The molecular weight excluding hydrogens is 780 g/mol. The summed E-state index contributed by atoms with van der Waals surface area (Å²) in [5, 5.41) is 37.0. The fourth-order valence-corrected chi connectivity index (χ4v) is 6.90. The Morgan fingerprint density at radius 1 is 0.633 bits per heavy atom. The molecule has 60 heavy (non-hydrogen) atoms. The fourth-order valence-electron chi connectivity index (χ4n) is 6.90. The van der Waals surface area contributed by atoms with Crippen LogP contribution in [0.25, 0.3) is 0 Å². The number of rotatable bonds is 8. The van der Waals surface area contributed by atoms with Gasteiger partial charge in [-0.25, -0.2) is 0 Å². The highest BCUT2D eigenvalue weighted by atomic mass is 16.4. The predicted molar refractivity (Wildman–Crippen MR) is 214 cm³/mol. The Kier molecular flexibility index (Phi) is 16.5. The van der Waals surface area contributed by atoms with E-state index in [0.717, 1.165) is 0 Å². The first-order chi connectivity index (χ1) is 28.4. The van der Waals surface area contributed by atoms with Crippen LogP contribution in [0.5, 0.6) is 5.75 Å². The third-order valence-corrected chi connectivity index (χ3v) is 10.1. The summed E-state index contributed by atoms with van der Waals surface area (Å²) in [6.07, 6.45) is -0.324. The van der Waals surface area contributed by atoms with Crippen LogP contribution in [0.4, 0.5) is 0 Å². The number of carbonyl (C=O) groups excluding carboxylic acids is 8. The third kappa shape index (κ3) is 13.3. The van der Waals surface area contributed by atoms with Crippen LogP contribution in [-0.2, 0) is 56.0 Å². The van der Waals surface area contributed by atoms with E-state index in [9.17, 15) is 53.4 Å². The number of aliphatic carboxylic acids is 1. The van der Waals surface area contributed by atoms with Gasteiger partial charge in [-0.1, -0.05) is 70.2 Å². The summed E-state index contributed by atoms with van der Waals surface area (Å²) in [7, 11) is 0. The molecule has 0 unspecified atom stereocenters. The number of amides is 8. The summed E-state index contributed by atoms with van der Waals surface area (Å²) >= 11 is 0. The number of nitrogens with zero attached hydrogens (tertiary/aromatic N) is 1. The molecule has 9 N–H and O–H groups in total. The molecule has 2 aromatic carbocycles. The van der Waals surface area contributed by atoms with Crippen molar-refractivity contribution >= 4 is 53.2 Å². The molecule has 0 spiro atoms. The van der Waals surface area contributed by atoms with E-state index in [1.807, 2.05) is 0 Å². The Balaban J connectivity index is 1.72. The zero-order chi connectivity index (χ0) is 44.1. The molecule has 2 saturated heterocycles. The zero-order valence-corrected chi connectivity index (χ0v) is 34.0. The van der Waals surface area contributed by atoms with Gasteiger partial charge in [-0.15, -0.1) is 0 Å². The Bertz CT molecular complexity index is 1910. The fraction of sp³-hybridized carbons (Fsp3) is 0.488. The van der Waals surface area contributed by atoms with Gasteiger partial charge in [-0.05, 0) is 47.9 Å². The number of phenols is 1. The van der Waals surface area contributed by atoms with E-state index >= 15 is 0 Å². The summed E-state index contributed by atoms with van der Waals surface area (Å²) in [6.45, 7) is 5.33. The van der Waals surface area contributed by atoms with Crippen LogP contribution in [0.3, 0.4) is 0 Å². The molecule has 19 nitrogen and oxygen atoms in total. The number of benzene rings is 2. The van der Waals surface area contributed by atoms with Crippen LogP contribution in [-0.4, -0.2) is 124 Å². The summed E-state index contributed by atoms with van der Waals surface area (Å²) < 4.78 is 0. The lowest BCUT2D eigenvalue weighted by molar-refractivity contribution is -0.142. The molecule has 324 valence electrons. The number of phenolic OH excluding ortho intramolecular Hbond substituents is 1. The molecule has 0 saturated carbocycles. The molecule has 2 aromatic rings. The number of hydrogen-bond acceptors (Lipinski definition) is 10. The van der Waals surface area contributed by atoms with E-state index < -0.39 is 121 Å². The molecule has 2 aliphatic heterocycles. The quantitative estimate of drug-likeness (QED) is 0.150. The van der Waals surface area contributed by atoms with E-state index in [2.05, 4.69) is 37.2 Å². The second-order valence-corrected chi connectivity index (χ2v) is 15.5. The Labute approximate surface area is 347 Å². The Morgan fingerprint density at radius 3 is 1.80 bits per heavy atom. The number of fused-ring (bicyclic) bond motifs is 1. The minimum absolute atomic E-state index is 0.000370. The van der Waals surface area contributed by atoms with Gasteiger partial charge >= 0.3 is 5.97 Å². The topological polar surface area (TPSA) is 282 Å². The van der Waals surface area contributed by atoms with Gasteiger partial charge < -0.3 is 52.3 Å². The number of carbonyl (C=O) groups is 9. The van der Waals surface area contributed by atoms with Gasteiger partial charge in [0.25, 0.3) is 0 Å². The van der Waals surface area contributed by atoms with Crippen molar-refractivity contribution in [3.05, 3.63) is 65.7 Å². The molecule has 4 rings (SSSR count). The van der Waals surface area contributed by atoms with Crippen LogP contribution in [0.2, 0.25) is 0 Å². The van der Waals surface area contributed by atoms with Gasteiger partial charge in [0.15, 0.2) is 0 Å². The zero-order valence-electron chi connectivity index (χ0n) is 34.0. The third-order valence-electron chi connectivity index (χ3n) is 10.1. The lowest BCUT2D eigenvalue weighted by Gasteiger charge is -2.31. The minimum atomic E-state index is -1.70. The molecule has 8 amide bonds. The van der Waals surface area contributed by atoms with Gasteiger partial charge in [0.2, 0.25) is 47.3 Å². The van der Waals surface area contributed by atoms with Crippen LogP contribution in [0, 0.1) is 11.8 Å². The van der Waals surface area contributed by atoms with Crippen molar-refractivity contribution in [2.24, 2.45) is 11.8 Å². The maximum absolute atomic E-state index is 14.4. The van der Waals surface area contributed by atoms with Gasteiger partial charge in [0, 0.05) is 19.4 Å². The number of carboxylic acid groups (broad SMARTS) is 1. The lowest BCUT2D eigenvalue weighted by Crippen LogP contribution is -2.60. The minimum Gasteiger partial charge on any atom is -0.508 e. The molecule has 0 aromatic heterocycles. The summed E-state index contributed by atoms with van der Waals surface area (Å²) in [5.41, 5.74) is 1.18. The van der Waals surface area contributed by atoms with Crippen molar-refractivity contribution in [3.63, 3.8) is 0 Å². The molecule has 2 fully saturated rings. The van der Waals surface area contributed by atoms with Crippen molar-refractivity contribution in [3.8, 4) is 5.75 Å². The second kappa shape index (κ2) is 21.5. The molecule has 2 aliphatic rings. The van der Waals surface area contributed by atoms with Gasteiger partial charge in [0.1, 0.15) is 42.0 Å². The van der Waals surface area contributed by atoms with E-state index in [0.29, 0.717) is 17.5 Å². The molecule has 2 heterocycles. The SMILES string of the molecule is CC(C)[C@@H]1NC(=O)CNC(=O)[C@H](C(C)C)NC(=O)[C@@H]2CCCN2C(=O)[C@H](Cc2ccccc2)NC(=O)[C@H](Cc2ccc(O)cc2)NC(=O)CNC(=O)[C@H](CC(=O)O)NC1=O. The maximum atomic E-state index is 14.4. The van der Waals surface area contributed by atoms with Gasteiger partial charge in [-0.3, -0.25) is 43.2 Å². The molecule has 0 aliphatic carbocycles. The van der Waals surface area contributed by atoms with Gasteiger partial charge in [0.05, 0.1) is 19.5 Å². The normalized spacial score (nSPS) is 24.5. The van der Waals surface area contributed by atoms with Crippen molar-refractivity contribution in [1.29, 1.82) is 0 Å². The molecule has 19 heteroatoms. The van der Waals surface area contributed by atoms with E-state index in [1.165, 1.54) is 29.2 Å². The first kappa shape index (κ1) is 46.2. The van der Waals surface area contributed by atoms with E-state index in [4.69, 9.17) is 0 Å². The highest BCUT2D eigenvalue weighted by molar-refractivity contribution is 5.98. The van der Waals surface area contributed by atoms with E-state index in [1.54, 1.807) is 58.0 Å². The van der Waals surface area contributed by atoms with Crippen molar-refractivity contribution < 1.29 is 53.4 Å². The summed E-state index contributed by atoms with van der Waals surface area (Å²) in [5.74, 6) is -8.91. The standard InChI is InChI=1S/C41H54N8O11/c1-22(2)34-39(58)43-21-32(52)47-35(23(3)4)40(59)45-28(19-33(53)54)36(55)42-20-31(51)44-27(17-25-12-14-26(50)15-13-25)37(56)46-29(18-24-9-6-5-7-10-24)41(60)49-16-8-11-30(49)38(57)48-34/h5-7,9-10,12-15,22-23,27-30,34-35,50H,8,11,16-21H2,1-4H3,(H,42,55)(H,43,58)(H,44,51)(H,45,59)(H,46,56)(H,47,52)(H,48,57)(H,53,54)/t27-,28-,29-,30-,34-,35-/m0/s1. The monoisotopic (exact) mass is 834 g/mol. The Morgan fingerprint density at radius 2 is 1.18 bits per heavy atom. The first-order valence-electron chi connectivity index (χ1n) is 19.8. The van der Waals surface area contributed by atoms with Gasteiger partial charge in [-0.2, -0.15) is 0 Å². The molecular formula is C41H54N8O11. The summed E-state index contributed by atoms with van der Waals surface area (Å²) in [4.78, 5) is 122. The van der Waals surface area contributed by atoms with Crippen LogP contribution in [0.1, 0.15) is 58.1 Å². The van der Waals surface area contributed by atoms with Crippen LogP contribution >= 0.6 is 0 Å². The smallest absolute Gasteiger partial charge is 0.305 e. The highest BCUT2D eigenvalue weighted by Crippen LogP contribution is 2.21. The largest absolute Gasteiger partial charge is 0.508 e. The second-order valence-electron chi connectivity index (χ2n) is 15.5. The average Bonchev–Trinajstić information content (AvgIpc) is 3.70. The lowest BCUT2D eigenvalue weighted by atomic mass is 10.0. The van der Waals surface area contributed by atoms with Crippen molar-refractivity contribution in [2.45, 2.75) is 96.1 Å². The highest BCUT2D eigenvalue weighted by Gasteiger charge is 2.40. The van der Waals surface area contributed by atoms with Crippen LogP contribution < -0.4 is 37.2 Å². The maximum Gasteiger partial charge on any atom is 0.305 e.